The lowest BCUT2D eigenvalue weighted by atomic mass is 9.95. The summed E-state index contributed by atoms with van der Waals surface area (Å²) in [5.74, 6) is 0.775. The SMILES string of the molecule is CC(=O)c1c(C)[nH]c(C(C)(C)C)nc1=S. The van der Waals surface area contributed by atoms with Crippen LogP contribution in [-0.2, 0) is 5.41 Å². The number of aromatic amines is 1. The maximum Gasteiger partial charge on any atom is 0.164 e. The van der Waals surface area contributed by atoms with Gasteiger partial charge < -0.3 is 4.98 Å². The van der Waals surface area contributed by atoms with Gasteiger partial charge in [0.05, 0.1) is 5.56 Å². The molecule has 4 heteroatoms. The summed E-state index contributed by atoms with van der Waals surface area (Å²) in [5.41, 5.74) is 1.23. The highest BCUT2D eigenvalue weighted by Gasteiger charge is 2.19. The van der Waals surface area contributed by atoms with Crippen molar-refractivity contribution in [1.82, 2.24) is 9.97 Å². The van der Waals surface area contributed by atoms with E-state index in [1.807, 2.05) is 27.7 Å². The summed E-state index contributed by atoms with van der Waals surface area (Å²) in [7, 11) is 0. The average Bonchev–Trinajstić information content (AvgIpc) is 1.99. The number of nitrogens with zero attached hydrogens (tertiary/aromatic N) is 1. The van der Waals surface area contributed by atoms with Gasteiger partial charge in [0.25, 0.3) is 0 Å². The highest BCUT2D eigenvalue weighted by molar-refractivity contribution is 7.71. The van der Waals surface area contributed by atoms with Gasteiger partial charge in [-0.25, -0.2) is 4.98 Å². The summed E-state index contributed by atoms with van der Waals surface area (Å²) in [6, 6.07) is 0. The molecule has 0 aliphatic carbocycles. The molecule has 1 N–H and O–H groups in total. The standard InChI is InChI=1S/C11H16N2OS/c1-6-8(7(2)14)9(15)13-10(12-6)11(3,4)5/h1-5H3,(H,12,13,15). The van der Waals surface area contributed by atoms with Crippen LogP contribution in [0.2, 0.25) is 0 Å². The second-order valence-corrected chi connectivity index (χ2v) is 5.08. The minimum Gasteiger partial charge on any atom is -0.346 e. The fourth-order valence-corrected chi connectivity index (χ4v) is 1.74. The first-order valence-corrected chi connectivity index (χ1v) is 5.26. The number of carbonyl (C=O) groups is 1. The van der Waals surface area contributed by atoms with Crippen LogP contribution in [0, 0.1) is 11.6 Å². The third-order valence-electron chi connectivity index (χ3n) is 2.17. The molecule has 0 fully saturated rings. The third-order valence-corrected chi connectivity index (χ3v) is 2.47. The molecule has 0 radical (unpaired) electrons. The first-order valence-electron chi connectivity index (χ1n) is 4.86. The van der Waals surface area contributed by atoms with Crippen LogP contribution >= 0.6 is 12.2 Å². The van der Waals surface area contributed by atoms with E-state index in [0.717, 1.165) is 11.5 Å². The first-order chi connectivity index (χ1) is 6.73. The maximum absolute atomic E-state index is 11.3. The van der Waals surface area contributed by atoms with E-state index in [-0.39, 0.29) is 11.2 Å². The van der Waals surface area contributed by atoms with Crippen molar-refractivity contribution < 1.29 is 4.79 Å². The van der Waals surface area contributed by atoms with E-state index in [2.05, 4.69) is 9.97 Å². The summed E-state index contributed by atoms with van der Waals surface area (Å²) in [6.45, 7) is 9.50. The van der Waals surface area contributed by atoms with Gasteiger partial charge in [-0.2, -0.15) is 0 Å². The molecule has 1 heterocycles. The molecular formula is C11H16N2OS. The number of nitrogens with one attached hydrogen (secondary N) is 1. The lowest BCUT2D eigenvalue weighted by Crippen LogP contribution is -2.18. The zero-order chi connectivity index (χ0) is 11.8. The van der Waals surface area contributed by atoms with Crippen LogP contribution in [0.5, 0.6) is 0 Å². The topological polar surface area (TPSA) is 45.8 Å². The van der Waals surface area contributed by atoms with E-state index in [1.54, 1.807) is 0 Å². The number of aryl methyl sites for hydroxylation is 1. The fourth-order valence-electron chi connectivity index (χ4n) is 1.36. The molecule has 0 bridgehead atoms. The number of carbonyl (C=O) groups excluding carboxylic acids is 1. The predicted molar refractivity (Wildman–Crippen MR) is 62.9 cm³/mol. The number of hydrogen-bond acceptors (Lipinski definition) is 3. The number of H-pyrrole nitrogens is 1. The summed E-state index contributed by atoms with van der Waals surface area (Å²) in [6.07, 6.45) is 0. The Bertz CT molecular complexity index is 455. The number of rotatable bonds is 1. The molecular weight excluding hydrogens is 208 g/mol. The normalized spacial score (nSPS) is 11.5. The van der Waals surface area contributed by atoms with Crippen LogP contribution in [0.3, 0.4) is 0 Å². The van der Waals surface area contributed by atoms with Gasteiger partial charge in [0, 0.05) is 11.1 Å². The monoisotopic (exact) mass is 224 g/mol. The maximum atomic E-state index is 11.3. The highest BCUT2D eigenvalue weighted by Crippen LogP contribution is 2.19. The van der Waals surface area contributed by atoms with Crippen molar-refractivity contribution in [2.45, 2.75) is 40.0 Å². The molecule has 0 aromatic carbocycles. The Kier molecular flexibility index (Phi) is 3.09. The number of hydrogen-bond donors (Lipinski definition) is 1. The van der Waals surface area contributed by atoms with Crippen molar-refractivity contribution in [2.24, 2.45) is 0 Å². The Morgan fingerprint density at radius 3 is 2.27 bits per heavy atom. The van der Waals surface area contributed by atoms with Crippen molar-refractivity contribution in [3.8, 4) is 0 Å². The van der Waals surface area contributed by atoms with Crippen molar-refractivity contribution >= 4 is 18.0 Å². The lowest BCUT2D eigenvalue weighted by molar-refractivity contribution is 0.101. The second-order valence-electron chi connectivity index (χ2n) is 4.70. The minimum atomic E-state index is -0.0896. The predicted octanol–water partition coefficient (Wildman–Crippen LogP) is 2.95. The molecule has 0 amide bonds. The molecule has 0 aliphatic heterocycles. The zero-order valence-corrected chi connectivity index (χ0v) is 10.6. The quantitative estimate of drug-likeness (QED) is 0.589. The Morgan fingerprint density at radius 2 is 1.93 bits per heavy atom. The summed E-state index contributed by atoms with van der Waals surface area (Å²) < 4.78 is 0.392. The van der Waals surface area contributed by atoms with Crippen LogP contribution in [0.25, 0.3) is 0 Å². The average molecular weight is 224 g/mol. The summed E-state index contributed by atoms with van der Waals surface area (Å²) in [5, 5.41) is 0. The molecule has 1 rings (SSSR count). The molecule has 0 saturated carbocycles. The van der Waals surface area contributed by atoms with Crippen molar-refractivity contribution in [3.63, 3.8) is 0 Å². The van der Waals surface area contributed by atoms with Gasteiger partial charge in [-0.15, -0.1) is 0 Å². The van der Waals surface area contributed by atoms with Gasteiger partial charge in [-0.3, -0.25) is 4.79 Å². The summed E-state index contributed by atoms with van der Waals surface area (Å²) in [4.78, 5) is 18.7. The van der Waals surface area contributed by atoms with Gasteiger partial charge in [0.15, 0.2) is 5.78 Å². The van der Waals surface area contributed by atoms with Gasteiger partial charge in [-0.05, 0) is 13.8 Å². The summed E-state index contributed by atoms with van der Waals surface area (Å²) >= 11 is 5.12. The molecule has 0 atom stereocenters. The van der Waals surface area contributed by atoms with Crippen LogP contribution in [0.15, 0.2) is 0 Å². The Morgan fingerprint density at radius 1 is 1.40 bits per heavy atom. The van der Waals surface area contributed by atoms with Crippen molar-refractivity contribution in [1.29, 1.82) is 0 Å². The minimum absolute atomic E-state index is 0.0401. The second kappa shape index (κ2) is 3.85. The molecule has 0 unspecified atom stereocenters. The number of ketones is 1. The van der Waals surface area contributed by atoms with E-state index < -0.39 is 0 Å². The molecule has 3 nitrogen and oxygen atoms in total. The Hall–Kier alpha value is -1.03. The molecule has 1 aromatic rings. The lowest BCUT2D eigenvalue weighted by Gasteiger charge is -2.18. The first kappa shape index (κ1) is 12.0. The molecule has 0 saturated heterocycles. The van der Waals surface area contributed by atoms with Gasteiger partial charge in [-0.1, -0.05) is 33.0 Å². The largest absolute Gasteiger partial charge is 0.346 e. The van der Waals surface area contributed by atoms with E-state index in [4.69, 9.17) is 12.2 Å². The van der Waals surface area contributed by atoms with Crippen molar-refractivity contribution in [2.75, 3.05) is 0 Å². The number of Topliss-reactive ketones (excluding diaryl/α,β-unsaturated/α-hetero) is 1. The number of aromatic nitrogens is 2. The highest BCUT2D eigenvalue weighted by atomic mass is 32.1. The Labute approximate surface area is 94.9 Å². The van der Waals surface area contributed by atoms with Gasteiger partial charge >= 0.3 is 0 Å². The van der Waals surface area contributed by atoms with Crippen LogP contribution < -0.4 is 0 Å². The zero-order valence-electron chi connectivity index (χ0n) is 9.76. The Balaban J connectivity index is 3.46. The molecule has 82 valence electrons. The smallest absolute Gasteiger partial charge is 0.164 e. The van der Waals surface area contributed by atoms with E-state index >= 15 is 0 Å². The van der Waals surface area contributed by atoms with Crippen LogP contribution in [0.1, 0.15) is 49.6 Å². The van der Waals surface area contributed by atoms with Crippen molar-refractivity contribution in [3.05, 3.63) is 21.7 Å². The molecule has 1 aromatic heterocycles. The molecule has 0 aliphatic rings. The molecule has 15 heavy (non-hydrogen) atoms. The fraction of sp³-hybridized carbons (Fsp3) is 0.545. The third kappa shape index (κ3) is 2.50. The van der Waals surface area contributed by atoms with Gasteiger partial charge in [0.1, 0.15) is 10.5 Å². The van der Waals surface area contributed by atoms with E-state index in [9.17, 15) is 4.79 Å². The van der Waals surface area contributed by atoms with Crippen LogP contribution in [0.4, 0.5) is 0 Å². The van der Waals surface area contributed by atoms with Crippen LogP contribution in [-0.4, -0.2) is 15.8 Å². The molecule has 0 spiro atoms. The van der Waals surface area contributed by atoms with Gasteiger partial charge in [0.2, 0.25) is 0 Å². The van der Waals surface area contributed by atoms with E-state index in [0.29, 0.717) is 10.2 Å². The van der Waals surface area contributed by atoms with E-state index in [1.165, 1.54) is 6.92 Å².